The lowest BCUT2D eigenvalue weighted by Crippen LogP contribution is -2.59. The summed E-state index contributed by atoms with van der Waals surface area (Å²) < 4.78 is 5.41. The van der Waals surface area contributed by atoms with Crippen LogP contribution in [0.4, 0.5) is 4.79 Å². The van der Waals surface area contributed by atoms with Crippen LogP contribution in [0.5, 0.6) is 0 Å². The molecule has 0 heterocycles. The van der Waals surface area contributed by atoms with Gasteiger partial charge < -0.3 is 20.5 Å². The van der Waals surface area contributed by atoms with Gasteiger partial charge in [0.05, 0.1) is 11.0 Å². The van der Waals surface area contributed by atoms with Gasteiger partial charge in [0.25, 0.3) is 0 Å². The Morgan fingerprint density at radius 1 is 1.19 bits per heavy atom. The maximum Gasteiger partial charge on any atom is 0.315 e. The second-order valence-electron chi connectivity index (χ2n) is 6.76. The first-order chi connectivity index (χ1) is 9.50. The van der Waals surface area contributed by atoms with Gasteiger partial charge in [0.1, 0.15) is 0 Å². The van der Waals surface area contributed by atoms with Gasteiger partial charge in [-0.2, -0.15) is 0 Å². The molecule has 0 rings (SSSR count). The SMILES string of the molecule is CC(C)COCCCNC(=O)NC(C)(C)C(C)(C)C(=O)O. The van der Waals surface area contributed by atoms with Crippen molar-refractivity contribution in [2.45, 2.75) is 53.5 Å². The van der Waals surface area contributed by atoms with E-state index in [-0.39, 0.29) is 6.03 Å². The summed E-state index contributed by atoms with van der Waals surface area (Å²) in [4.78, 5) is 23.1. The molecule has 6 nitrogen and oxygen atoms in total. The number of carbonyl (C=O) groups is 2. The number of carbonyl (C=O) groups excluding carboxylic acids is 1. The van der Waals surface area contributed by atoms with Crippen LogP contribution in [-0.2, 0) is 9.53 Å². The fourth-order valence-corrected chi connectivity index (χ4v) is 1.45. The van der Waals surface area contributed by atoms with E-state index in [2.05, 4.69) is 24.5 Å². The van der Waals surface area contributed by atoms with E-state index < -0.39 is 16.9 Å². The topological polar surface area (TPSA) is 87.7 Å². The van der Waals surface area contributed by atoms with Crippen molar-refractivity contribution in [2.24, 2.45) is 11.3 Å². The fraction of sp³-hybridized carbons (Fsp3) is 0.867. The lowest BCUT2D eigenvalue weighted by Gasteiger charge is -2.38. The van der Waals surface area contributed by atoms with Crippen molar-refractivity contribution in [1.29, 1.82) is 0 Å². The van der Waals surface area contributed by atoms with Crippen LogP contribution in [0.25, 0.3) is 0 Å². The third-order valence-electron chi connectivity index (χ3n) is 3.73. The van der Waals surface area contributed by atoms with Crippen molar-refractivity contribution in [3.05, 3.63) is 0 Å². The van der Waals surface area contributed by atoms with E-state index in [1.54, 1.807) is 27.7 Å². The second-order valence-corrected chi connectivity index (χ2v) is 6.76. The largest absolute Gasteiger partial charge is 0.481 e. The summed E-state index contributed by atoms with van der Waals surface area (Å²) in [5.74, 6) is -0.449. The van der Waals surface area contributed by atoms with Gasteiger partial charge in [-0.15, -0.1) is 0 Å². The van der Waals surface area contributed by atoms with Gasteiger partial charge in [-0.05, 0) is 40.0 Å². The molecule has 2 amide bonds. The number of carboxylic acids is 1. The molecule has 0 aliphatic heterocycles. The smallest absolute Gasteiger partial charge is 0.315 e. The molecular formula is C15H30N2O4. The zero-order chi connectivity index (χ0) is 16.7. The van der Waals surface area contributed by atoms with E-state index in [0.717, 1.165) is 6.42 Å². The molecule has 3 N–H and O–H groups in total. The first-order valence-electron chi connectivity index (χ1n) is 7.38. The predicted octanol–water partition coefficient (Wildman–Crippen LogP) is 2.24. The molecule has 0 fully saturated rings. The predicted molar refractivity (Wildman–Crippen MR) is 82.3 cm³/mol. The zero-order valence-corrected chi connectivity index (χ0v) is 14.1. The van der Waals surface area contributed by atoms with Crippen LogP contribution >= 0.6 is 0 Å². The maximum atomic E-state index is 11.8. The molecule has 0 atom stereocenters. The fourth-order valence-electron chi connectivity index (χ4n) is 1.45. The summed E-state index contributed by atoms with van der Waals surface area (Å²) in [6.45, 7) is 12.6. The standard InChI is InChI=1S/C15H30N2O4/c1-11(2)10-21-9-7-8-16-13(20)17-15(5,6)14(3,4)12(18)19/h11H,7-10H2,1-6H3,(H,18,19)(H2,16,17,20). The molecule has 0 saturated carbocycles. The zero-order valence-electron chi connectivity index (χ0n) is 14.1. The normalized spacial score (nSPS) is 12.3. The number of nitrogens with one attached hydrogen (secondary N) is 2. The lowest BCUT2D eigenvalue weighted by atomic mass is 9.74. The highest BCUT2D eigenvalue weighted by Crippen LogP contribution is 2.30. The van der Waals surface area contributed by atoms with Crippen LogP contribution in [0.15, 0.2) is 0 Å². The quantitative estimate of drug-likeness (QED) is 0.570. The van der Waals surface area contributed by atoms with Crippen LogP contribution in [0.1, 0.15) is 48.0 Å². The van der Waals surface area contributed by atoms with E-state index in [1.165, 1.54) is 0 Å². The highest BCUT2D eigenvalue weighted by Gasteiger charge is 2.44. The Hall–Kier alpha value is -1.30. The molecule has 0 spiro atoms. The van der Waals surface area contributed by atoms with Crippen molar-refractivity contribution in [2.75, 3.05) is 19.8 Å². The molecule has 0 unspecified atom stereocenters. The highest BCUT2D eigenvalue weighted by molar-refractivity contribution is 5.79. The van der Waals surface area contributed by atoms with Crippen LogP contribution in [0.3, 0.4) is 0 Å². The Balaban J connectivity index is 4.06. The van der Waals surface area contributed by atoms with Gasteiger partial charge in [-0.3, -0.25) is 4.79 Å². The Bertz CT molecular complexity index is 352. The van der Waals surface area contributed by atoms with Crippen LogP contribution in [-0.4, -0.2) is 42.4 Å². The van der Waals surface area contributed by atoms with Crippen LogP contribution < -0.4 is 10.6 Å². The highest BCUT2D eigenvalue weighted by atomic mass is 16.5. The third kappa shape index (κ3) is 6.80. The summed E-state index contributed by atoms with van der Waals surface area (Å²) in [5.41, 5.74) is -1.93. The Morgan fingerprint density at radius 3 is 2.24 bits per heavy atom. The van der Waals surface area contributed by atoms with E-state index in [1.807, 2.05) is 0 Å². The second kappa shape index (κ2) is 8.22. The summed E-state index contributed by atoms with van der Waals surface area (Å²) in [6, 6.07) is -0.363. The van der Waals surface area contributed by atoms with Gasteiger partial charge >= 0.3 is 12.0 Å². The van der Waals surface area contributed by atoms with E-state index in [4.69, 9.17) is 4.74 Å². The summed E-state index contributed by atoms with van der Waals surface area (Å²) >= 11 is 0. The van der Waals surface area contributed by atoms with Gasteiger partial charge in [0.2, 0.25) is 0 Å². The number of hydrogen-bond donors (Lipinski definition) is 3. The van der Waals surface area contributed by atoms with Crippen molar-refractivity contribution >= 4 is 12.0 Å². The molecule has 0 aromatic heterocycles. The van der Waals surface area contributed by atoms with E-state index >= 15 is 0 Å². The molecule has 0 aliphatic rings. The average Bonchev–Trinajstić information content (AvgIpc) is 2.32. The first-order valence-corrected chi connectivity index (χ1v) is 7.38. The number of rotatable bonds is 9. The molecule has 21 heavy (non-hydrogen) atoms. The Kier molecular flexibility index (Phi) is 7.71. The van der Waals surface area contributed by atoms with Crippen molar-refractivity contribution in [3.63, 3.8) is 0 Å². The third-order valence-corrected chi connectivity index (χ3v) is 3.73. The summed E-state index contributed by atoms with van der Waals surface area (Å²) in [6.07, 6.45) is 0.725. The van der Waals surface area contributed by atoms with Crippen LogP contribution in [0.2, 0.25) is 0 Å². The minimum absolute atomic E-state index is 0.363. The number of ether oxygens (including phenoxy) is 1. The van der Waals surface area contributed by atoms with Crippen LogP contribution in [0, 0.1) is 11.3 Å². The van der Waals surface area contributed by atoms with E-state index in [0.29, 0.717) is 25.7 Å². The average molecular weight is 302 g/mol. The molecule has 0 aromatic rings. The summed E-state index contributed by atoms with van der Waals surface area (Å²) in [7, 11) is 0. The minimum atomic E-state index is -1.06. The summed E-state index contributed by atoms with van der Waals surface area (Å²) in [5, 5.41) is 14.6. The van der Waals surface area contributed by atoms with E-state index in [9.17, 15) is 14.7 Å². The first kappa shape index (κ1) is 19.7. The molecule has 124 valence electrons. The minimum Gasteiger partial charge on any atom is -0.481 e. The maximum absolute atomic E-state index is 11.8. The molecule has 0 bridgehead atoms. The van der Waals surface area contributed by atoms with Gasteiger partial charge in [0.15, 0.2) is 0 Å². The number of urea groups is 1. The Morgan fingerprint density at radius 2 is 1.76 bits per heavy atom. The molecule has 0 saturated heterocycles. The van der Waals surface area contributed by atoms with Gasteiger partial charge in [-0.25, -0.2) is 4.79 Å². The molecule has 0 aliphatic carbocycles. The molecule has 0 aromatic carbocycles. The van der Waals surface area contributed by atoms with Crippen molar-refractivity contribution in [3.8, 4) is 0 Å². The molecular weight excluding hydrogens is 272 g/mol. The van der Waals surface area contributed by atoms with Crippen molar-refractivity contribution < 1.29 is 19.4 Å². The molecule has 0 radical (unpaired) electrons. The van der Waals surface area contributed by atoms with Gasteiger partial charge in [0, 0.05) is 19.8 Å². The Labute approximate surface area is 127 Å². The van der Waals surface area contributed by atoms with Crippen molar-refractivity contribution in [1.82, 2.24) is 10.6 Å². The number of aliphatic carboxylic acids is 1. The van der Waals surface area contributed by atoms with Gasteiger partial charge in [-0.1, -0.05) is 13.8 Å². The lowest BCUT2D eigenvalue weighted by molar-refractivity contribution is -0.150. The molecule has 6 heteroatoms. The number of carboxylic acid groups (broad SMARTS) is 1. The monoisotopic (exact) mass is 302 g/mol. The number of hydrogen-bond acceptors (Lipinski definition) is 3. The number of amides is 2.